The molecule has 0 aromatic heterocycles. The number of ether oxygens (including phenoxy) is 1. The molecule has 8 heteroatoms. The van der Waals surface area contributed by atoms with Crippen molar-refractivity contribution in [2.75, 3.05) is 13.2 Å². The number of rotatable bonds is 12. The summed E-state index contributed by atoms with van der Waals surface area (Å²) in [7, 11) is 0. The molecule has 0 fully saturated rings. The summed E-state index contributed by atoms with van der Waals surface area (Å²) in [6.45, 7) is 20.4. The van der Waals surface area contributed by atoms with E-state index in [1.165, 1.54) is 23.1 Å². The van der Waals surface area contributed by atoms with Gasteiger partial charge < -0.3 is 15.2 Å². The van der Waals surface area contributed by atoms with Crippen molar-refractivity contribution < 1.29 is 29.1 Å². The standard InChI is InChI=1S/C13H24N2O4.C11H14O2.C11H16/c1-6-10(3)15-19-12(17)14-8-9-18-11(16)13(4,5)7-2;1-3-8(2)9-4-6-10(7-5-9)11(12)13;1-4-10(3)11-7-5-9(2)6-8-11/h6-9H2,1-5H3,(H,14,17);4-8H,3H2,1-2H3,(H,12,13);5-8,10H,4H2,1-3H3/b15-10-;;. The number of amides is 1. The number of aryl methyl sites for hydroxylation is 1. The topological polar surface area (TPSA) is 114 Å². The molecule has 0 bridgehead atoms. The number of hydrogen-bond acceptors (Lipinski definition) is 6. The summed E-state index contributed by atoms with van der Waals surface area (Å²) in [4.78, 5) is 37.9. The molecule has 0 aliphatic carbocycles. The van der Waals surface area contributed by atoms with Crippen molar-refractivity contribution in [2.24, 2.45) is 10.6 Å². The lowest BCUT2D eigenvalue weighted by atomic mass is 9.91. The number of hydrogen-bond donors (Lipinski definition) is 2. The maximum absolute atomic E-state index is 11.6. The third kappa shape index (κ3) is 16.5. The van der Waals surface area contributed by atoms with Crippen LogP contribution in [0.4, 0.5) is 4.79 Å². The molecule has 2 atom stereocenters. The lowest BCUT2D eigenvalue weighted by molar-refractivity contribution is -0.153. The average Bonchev–Trinajstić information content (AvgIpc) is 3.01. The van der Waals surface area contributed by atoms with Gasteiger partial charge in [0.15, 0.2) is 0 Å². The summed E-state index contributed by atoms with van der Waals surface area (Å²) in [5.41, 5.74) is 4.59. The van der Waals surface area contributed by atoms with E-state index < -0.39 is 17.5 Å². The van der Waals surface area contributed by atoms with E-state index in [1.807, 2.05) is 39.8 Å². The van der Waals surface area contributed by atoms with Crippen molar-refractivity contribution >= 4 is 23.7 Å². The summed E-state index contributed by atoms with van der Waals surface area (Å²) in [5.74, 6) is 0.0687. The first-order chi connectivity index (χ1) is 20.2. The number of aromatic carboxylic acids is 1. The number of carbonyl (C=O) groups is 3. The molecular weight excluding hydrogens is 544 g/mol. The monoisotopic (exact) mass is 598 g/mol. The highest BCUT2D eigenvalue weighted by Gasteiger charge is 2.26. The Balaban J connectivity index is 0.000000641. The summed E-state index contributed by atoms with van der Waals surface area (Å²) in [6, 6.07) is 15.9. The molecule has 0 saturated heterocycles. The van der Waals surface area contributed by atoms with E-state index in [9.17, 15) is 14.4 Å². The molecule has 0 heterocycles. The van der Waals surface area contributed by atoms with E-state index >= 15 is 0 Å². The van der Waals surface area contributed by atoms with E-state index in [2.05, 4.69) is 74.2 Å². The highest BCUT2D eigenvalue weighted by molar-refractivity contribution is 5.87. The maximum Gasteiger partial charge on any atom is 0.433 e. The first-order valence-electron chi connectivity index (χ1n) is 15.3. The van der Waals surface area contributed by atoms with Gasteiger partial charge in [0.2, 0.25) is 0 Å². The van der Waals surface area contributed by atoms with Crippen molar-refractivity contribution in [3.63, 3.8) is 0 Å². The minimum absolute atomic E-state index is 0.119. The molecule has 0 spiro atoms. The largest absolute Gasteiger partial charge is 0.478 e. The second-order valence-electron chi connectivity index (χ2n) is 11.3. The molecule has 2 rings (SSSR count). The van der Waals surface area contributed by atoms with Crippen molar-refractivity contribution in [2.45, 2.75) is 107 Å². The first-order valence-corrected chi connectivity index (χ1v) is 15.3. The third-order valence-corrected chi connectivity index (χ3v) is 7.43. The lowest BCUT2D eigenvalue weighted by Crippen LogP contribution is -2.31. The Hall–Kier alpha value is -3.68. The molecule has 0 aliphatic rings. The molecular formula is C35H54N2O6. The lowest BCUT2D eigenvalue weighted by Gasteiger charge is -2.20. The van der Waals surface area contributed by atoms with E-state index in [4.69, 9.17) is 9.84 Å². The summed E-state index contributed by atoms with van der Waals surface area (Å²) >= 11 is 0. The minimum atomic E-state index is -0.865. The Kier molecular flexibility index (Phi) is 19.3. The van der Waals surface area contributed by atoms with Crippen molar-refractivity contribution in [3.05, 3.63) is 70.8 Å². The smallest absolute Gasteiger partial charge is 0.433 e. The Morgan fingerprint density at radius 1 is 0.884 bits per heavy atom. The number of carboxylic acids is 1. The number of carboxylic acid groups (broad SMARTS) is 1. The zero-order valence-corrected chi connectivity index (χ0v) is 28.0. The molecule has 8 nitrogen and oxygen atoms in total. The highest BCUT2D eigenvalue weighted by atomic mass is 16.7. The molecule has 2 N–H and O–H groups in total. The molecule has 2 aromatic carbocycles. The fourth-order valence-electron chi connectivity index (χ4n) is 3.17. The van der Waals surface area contributed by atoms with Crippen LogP contribution in [0.2, 0.25) is 0 Å². The Labute approximate surface area is 259 Å². The Morgan fingerprint density at radius 2 is 1.37 bits per heavy atom. The van der Waals surface area contributed by atoms with Gasteiger partial charge in [-0.2, -0.15) is 0 Å². The molecule has 2 unspecified atom stereocenters. The van der Waals surface area contributed by atoms with Gasteiger partial charge in [0.25, 0.3) is 0 Å². The SMILES string of the molecule is CC/C(C)=N\OC(=O)NCCOC(=O)C(C)(C)CC.CCC(C)c1ccc(C(=O)O)cc1.CCC(C)c1ccc(C)cc1. The Bertz CT molecular complexity index is 1120. The van der Waals surface area contributed by atoms with Crippen LogP contribution < -0.4 is 5.32 Å². The summed E-state index contributed by atoms with van der Waals surface area (Å²) in [5, 5.41) is 14.7. The Morgan fingerprint density at radius 3 is 1.79 bits per heavy atom. The van der Waals surface area contributed by atoms with Crippen LogP contribution in [0.3, 0.4) is 0 Å². The molecule has 1 amide bonds. The number of carbonyl (C=O) groups excluding carboxylic acids is 2. The molecule has 2 aromatic rings. The normalized spacial score (nSPS) is 12.4. The second kappa shape index (κ2) is 21.1. The van der Waals surface area contributed by atoms with Crippen LogP contribution in [0.5, 0.6) is 0 Å². The zero-order chi connectivity index (χ0) is 33.0. The molecule has 0 saturated carbocycles. The van der Waals surface area contributed by atoms with Gasteiger partial charge in [0.05, 0.1) is 23.2 Å². The fraction of sp³-hybridized carbons (Fsp3) is 0.543. The highest BCUT2D eigenvalue weighted by Crippen LogP contribution is 2.21. The van der Waals surface area contributed by atoms with Crippen LogP contribution in [0.15, 0.2) is 53.7 Å². The molecule has 0 aliphatic heterocycles. The molecule has 43 heavy (non-hydrogen) atoms. The van der Waals surface area contributed by atoms with Crippen molar-refractivity contribution in [1.29, 1.82) is 0 Å². The van der Waals surface area contributed by atoms with Crippen LogP contribution in [-0.4, -0.2) is 42.0 Å². The van der Waals surface area contributed by atoms with E-state index in [-0.39, 0.29) is 19.1 Å². The van der Waals surface area contributed by atoms with Crippen LogP contribution in [0.25, 0.3) is 0 Å². The van der Waals surface area contributed by atoms with Crippen LogP contribution >= 0.6 is 0 Å². The predicted molar refractivity (Wildman–Crippen MR) is 175 cm³/mol. The number of nitrogens with one attached hydrogen (secondary N) is 1. The predicted octanol–water partition coefficient (Wildman–Crippen LogP) is 8.88. The van der Waals surface area contributed by atoms with Gasteiger partial charge in [-0.05, 0) is 88.5 Å². The van der Waals surface area contributed by atoms with Gasteiger partial charge in [-0.1, -0.05) is 88.7 Å². The van der Waals surface area contributed by atoms with Crippen molar-refractivity contribution in [3.8, 4) is 0 Å². The molecule has 240 valence electrons. The second-order valence-corrected chi connectivity index (χ2v) is 11.3. The molecule has 0 radical (unpaired) electrons. The average molecular weight is 599 g/mol. The van der Waals surface area contributed by atoms with Crippen LogP contribution in [0, 0.1) is 12.3 Å². The summed E-state index contributed by atoms with van der Waals surface area (Å²) in [6.07, 6.45) is 3.07. The van der Waals surface area contributed by atoms with Gasteiger partial charge >= 0.3 is 18.0 Å². The van der Waals surface area contributed by atoms with E-state index in [1.54, 1.807) is 19.1 Å². The maximum atomic E-state index is 11.6. The van der Waals surface area contributed by atoms with E-state index in [0.717, 1.165) is 18.6 Å². The minimum Gasteiger partial charge on any atom is -0.478 e. The number of esters is 1. The third-order valence-electron chi connectivity index (χ3n) is 7.43. The van der Waals surface area contributed by atoms with Crippen LogP contribution in [-0.2, 0) is 14.4 Å². The van der Waals surface area contributed by atoms with Gasteiger partial charge in [-0.15, -0.1) is 0 Å². The number of benzene rings is 2. The van der Waals surface area contributed by atoms with E-state index in [0.29, 0.717) is 23.8 Å². The van der Waals surface area contributed by atoms with Crippen LogP contribution in [0.1, 0.15) is 127 Å². The van der Waals surface area contributed by atoms with Gasteiger partial charge in [-0.3, -0.25) is 9.63 Å². The quantitative estimate of drug-likeness (QED) is 0.0829. The summed E-state index contributed by atoms with van der Waals surface area (Å²) < 4.78 is 5.05. The first kappa shape index (κ1) is 39.3. The van der Waals surface area contributed by atoms with Crippen molar-refractivity contribution in [1.82, 2.24) is 5.32 Å². The zero-order valence-electron chi connectivity index (χ0n) is 28.0. The number of nitrogens with zero attached hydrogens (tertiary/aromatic N) is 1. The fourth-order valence-corrected chi connectivity index (χ4v) is 3.17. The van der Waals surface area contributed by atoms with Gasteiger partial charge in [-0.25, -0.2) is 9.59 Å². The number of oxime groups is 1. The van der Waals surface area contributed by atoms with Gasteiger partial charge in [0, 0.05) is 0 Å². The van der Waals surface area contributed by atoms with Gasteiger partial charge in [0.1, 0.15) is 6.61 Å².